The Kier molecular flexibility index (Phi) is 5.32. The lowest BCUT2D eigenvalue weighted by Crippen LogP contribution is -2.44. The standard InChI is InChI=1S/C19H15F2IN6O2/c1-11(28-18(29)14-7-13(22)3-5-17(14)25-26-28)19(30,8-27-10-23-9-24-27)15-4-2-12(20)6-16(15)21/h2-7,9-11,30H,8H2,1H3/t11-,19-/m1/s1. The molecule has 0 radical (unpaired) electrons. The monoisotopic (exact) mass is 524 g/mol. The number of halogens is 3. The molecule has 4 aromatic rings. The number of hydrogen-bond donors (Lipinski definition) is 1. The molecule has 0 aliphatic rings. The highest BCUT2D eigenvalue weighted by Gasteiger charge is 2.41. The number of fused-ring (bicyclic) bond motifs is 1. The summed E-state index contributed by atoms with van der Waals surface area (Å²) < 4.78 is 31.3. The van der Waals surface area contributed by atoms with E-state index in [0.29, 0.717) is 17.0 Å². The molecule has 11 heteroatoms. The second-order valence-corrected chi connectivity index (χ2v) is 8.06. The summed E-state index contributed by atoms with van der Waals surface area (Å²) in [6, 6.07) is 6.89. The number of hydrogen-bond acceptors (Lipinski definition) is 6. The smallest absolute Gasteiger partial charge is 0.278 e. The Bertz CT molecular complexity index is 1280. The molecule has 0 unspecified atom stereocenters. The first-order chi connectivity index (χ1) is 14.3. The maximum Gasteiger partial charge on any atom is 0.278 e. The summed E-state index contributed by atoms with van der Waals surface area (Å²) in [5.74, 6) is -1.75. The third-order valence-electron chi connectivity index (χ3n) is 4.97. The van der Waals surface area contributed by atoms with Crippen molar-refractivity contribution < 1.29 is 13.9 Å². The summed E-state index contributed by atoms with van der Waals surface area (Å²) in [5.41, 5.74) is -2.31. The van der Waals surface area contributed by atoms with Gasteiger partial charge in [0.25, 0.3) is 5.56 Å². The normalized spacial score (nSPS) is 14.6. The Hall–Kier alpha value is -2.80. The molecule has 30 heavy (non-hydrogen) atoms. The second-order valence-electron chi connectivity index (χ2n) is 6.82. The Morgan fingerprint density at radius 1 is 1.23 bits per heavy atom. The molecule has 8 nitrogen and oxygen atoms in total. The van der Waals surface area contributed by atoms with E-state index in [-0.39, 0.29) is 12.1 Å². The van der Waals surface area contributed by atoms with Gasteiger partial charge in [0.05, 0.1) is 18.0 Å². The summed E-state index contributed by atoms with van der Waals surface area (Å²) in [6.45, 7) is 1.25. The van der Waals surface area contributed by atoms with Crippen LogP contribution in [0, 0.1) is 15.2 Å². The Morgan fingerprint density at radius 2 is 2.03 bits per heavy atom. The molecule has 0 spiro atoms. The van der Waals surface area contributed by atoms with Gasteiger partial charge in [0.15, 0.2) is 0 Å². The molecule has 0 aliphatic carbocycles. The summed E-state index contributed by atoms with van der Waals surface area (Å²) in [7, 11) is 0. The zero-order valence-electron chi connectivity index (χ0n) is 15.6. The average molecular weight is 524 g/mol. The predicted molar refractivity (Wildman–Crippen MR) is 112 cm³/mol. The quantitative estimate of drug-likeness (QED) is 0.403. The molecule has 0 aliphatic heterocycles. The molecule has 0 bridgehead atoms. The van der Waals surface area contributed by atoms with Crippen LogP contribution in [-0.4, -0.2) is 34.9 Å². The third kappa shape index (κ3) is 3.58. The van der Waals surface area contributed by atoms with Gasteiger partial charge in [0, 0.05) is 15.2 Å². The van der Waals surface area contributed by atoms with Crippen LogP contribution in [0.15, 0.2) is 53.8 Å². The van der Waals surface area contributed by atoms with Crippen molar-refractivity contribution >= 4 is 33.5 Å². The molecular formula is C19H15F2IN6O2. The lowest BCUT2D eigenvalue weighted by atomic mass is 9.86. The highest BCUT2D eigenvalue weighted by atomic mass is 127. The van der Waals surface area contributed by atoms with E-state index in [2.05, 4.69) is 43.0 Å². The number of aliphatic hydroxyl groups is 1. The van der Waals surface area contributed by atoms with E-state index in [1.807, 2.05) is 0 Å². The molecular weight excluding hydrogens is 509 g/mol. The maximum atomic E-state index is 14.7. The van der Waals surface area contributed by atoms with E-state index in [4.69, 9.17) is 0 Å². The molecule has 0 fully saturated rings. The Balaban J connectivity index is 1.90. The first-order valence-electron chi connectivity index (χ1n) is 8.84. The molecule has 2 aromatic carbocycles. The van der Waals surface area contributed by atoms with Crippen molar-refractivity contribution in [3.63, 3.8) is 0 Å². The minimum atomic E-state index is -2.01. The van der Waals surface area contributed by atoms with Crippen molar-refractivity contribution in [3.05, 3.63) is 80.2 Å². The lowest BCUT2D eigenvalue weighted by molar-refractivity contribution is -0.0390. The SMILES string of the molecule is C[C@@H](n1nnc2ccc(I)cc2c1=O)[C@](O)(Cn1cncn1)c1ccc(F)cc1F. The fourth-order valence-electron chi connectivity index (χ4n) is 3.33. The molecule has 154 valence electrons. The number of nitrogens with zero attached hydrogens (tertiary/aromatic N) is 6. The van der Waals surface area contributed by atoms with Gasteiger partial charge >= 0.3 is 0 Å². The largest absolute Gasteiger partial charge is 0.381 e. The molecule has 4 rings (SSSR count). The first kappa shape index (κ1) is 20.5. The predicted octanol–water partition coefficient (Wildman–Crippen LogP) is 2.41. The van der Waals surface area contributed by atoms with Crippen molar-refractivity contribution in [2.24, 2.45) is 0 Å². The van der Waals surface area contributed by atoms with E-state index in [1.54, 1.807) is 18.2 Å². The minimum absolute atomic E-state index is 0.205. The number of benzene rings is 2. The number of aromatic nitrogens is 6. The van der Waals surface area contributed by atoms with Crippen molar-refractivity contribution in [1.29, 1.82) is 0 Å². The summed E-state index contributed by atoms with van der Waals surface area (Å²) in [5, 5.41) is 23.9. The maximum absolute atomic E-state index is 14.7. The molecule has 2 aromatic heterocycles. The van der Waals surface area contributed by atoms with Crippen molar-refractivity contribution in [1.82, 2.24) is 29.8 Å². The second kappa shape index (κ2) is 7.80. The molecule has 0 saturated carbocycles. The zero-order valence-corrected chi connectivity index (χ0v) is 17.7. The summed E-state index contributed by atoms with van der Waals surface area (Å²) in [4.78, 5) is 16.9. The molecule has 2 atom stereocenters. The van der Waals surface area contributed by atoms with Crippen LogP contribution in [0.2, 0.25) is 0 Å². The Morgan fingerprint density at radius 3 is 2.73 bits per heavy atom. The van der Waals surface area contributed by atoms with Crippen LogP contribution < -0.4 is 5.56 Å². The fraction of sp³-hybridized carbons (Fsp3) is 0.211. The van der Waals surface area contributed by atoms with E-state index >= 15 is 0 Å². The van der Waals surface area contributed by atoms with Crippen LogP contribution >= 0.6 is 22.6 Å². The molecule has 0 amide bonds. The van der Waals surface area contributed by atoms with E-state index < -0.39 is 28.8 Å². The summed E-state index contributed by atoms with van der Waals surface area (Å²) in [6.07, 6.45) is 2.60. The fourth-order valence-corrected chi connectivity index (χ4v) is 3.82. The van der Waals surface area contributed by atoms with Crippen molar-refractivity contribution in [2.75, 3.05) is 0 Å². The van der Waals surface area contributed by atoms with Crippen LogP contribution in [0.5, 0.6) is 0 Å². The third-order valence-corrected chi connectivity index (χ3v) is 5.64. The van der Waals surface area contributed by atoms with E-state index in [0.717, 1.165) is 20.4 Å². The van der Waals surface area contributed by atoms with Crippen LogP contribution in [0.4, 0.5) is 8.78 Å². The van der Waals surface area contributed by atoms with Crippen LogP contribution in [0.25, 0.3) is 10.9 Å². The van der Waals surface area contributed by atoms with Gasteiger partial charge in [-0.1, -0.05) is 11.3 Å². The highest BCUT2D eigenvalue weighted by Crippen LogP contribution is 2.35. The molecule has 1 N–H and O–H groups in total. The van der Waals surface area contributed by atoms with Gasteiger partial charge in [-0.3, -0.25) is 4.79 Å². The molecule has 2 heterocycles. The van der Waals surface area contributed by atoms with Crippen molar-refractivity contribution in [3.8, 4) is 0 Å². The van der Waals surface area contributed by atoms with Gasteiger partial charge in [0.1, 0.15) is 35.4 Å². The van der Waals surface area contributed by atoms with Gasteiger partial charge in [-0.2, -0.15) is 5.10 Å². The highest BCUT2D eigenvalue weighted by molar-refractivity contribution is 14.1. The van der Waals surface area contributed by atoms with Crippen molar-refractivity contribution in [2.45, 2.75) is 25.1 Å². The van der Waals surface area contributed by atoms with Crippen LogP contribution in [0.1, 0.15) is 18.5 Å². The lowest BCUT2D eigenvalue weighted by Gasteiger charge is -2.34. The minimum Gasteiger partial charge on any atom is -0.381 e. The van der Waals surface area contributed by atoms with E-state index in [9.17, 15) is 18.7 Å². The zero-order chi connectivity index (χ0) is 21.5. The van der Waals surface area contributed by atoms with Gasteiger partial charge in [-0.25, -0.2) is 23.1 Å². The first-order valence-corrected chi connectivity index (χ1v) is 9.92. The topological polar surface area (TPSA) is 98.7 Å². The van der Waals surface area contributed by atoms with E-state index in [1.165, 1.54) is 24.3 Å². The van der Waals surface area contributed by atoms with Gasteiger partial charge in [-0.15, -0.1) is 5.10 Å². The molecule has 0 saturated heterocycles. The van der Waals surface area contributed by atoms with Crippen LogP contribution in [-0.2, 0) is 12.1 Å². The summed E-state index contributed by atoms with van der Waals surface area (Å²) >= 11 is 2.07. The Labute approximate surface area is 182 Å². The number of rotatable bonds is 5. The average Bonchev–Trinajstić information content (AvgIpc) is 3.21. The van der Waals surface area contributed by atoms with Crippen LogP contribution in [0.3, 0.4) is 0 Å². The van der Waals surface area contributed by atoms with Gasteiger partial charge in [0.2, 0.25) is 0 Å². The van der Waals surface area contributed by atoms with Gasteiger partial charge in [-0.05, 0) is 53.8 Å². The van der Waals surface area contributed by atoms with Gasteiger partial charge < -0.3 is 5.11 Å².